The van der Waals surface area contributed by atoms with Crippen molar-refractivity contribution in [3.8, 4) is 0 Å². The lowest BCUT2D eigenvalue weighted by molar-refractivity contribution is -0.121. The van der Waals surface area contributed by atoms with Gasteiger partial charge in [0.15, 0.2) is 0 Å². The van der Waals surface area contributed by atoms with E-state index < -0.39 is 0 Å². The maximum atomic E-state index is 12.5. The summed E-state index contributed by atoms with van der Waals surface area (Å²) in [5.41, 5.74) is 5.07. The van der Waals surface area contributed by atoms with Crippen LogP contribution in [-0.2, 0) is 29.1 Å². The largest absolute Gasteiger partial charge is 0.360 e. The molecule has 0 aliphatic carbocycles. The Labute approximate surface area is 172 Å². The van der Waals surface area contributed by atoms with E-state index in [0.717, 1.165) is 41.3 Å². The van der Waals surface area contributed by atoms with E-state index in [4.69, 9.17) is 0 Å². The van der Waals surface area contributed by atoms with Gasteiger partial charge >= 0.3 is 0 Å². The van der Waals surface area contributed by atoms with Gasteiger partial charge < -0.3 is 15.5 Å². The van der Waals surface area contributed by atoms with Crippen LogP contribution in [0.1, 0.15) is 36.4 Å². The van der Waals surface area contributed by atoms with Crippen molar-refractivity contribution in [2.24, 2.45) is 5.92 Å². The average Bonchev–Trinajstić information content (AvgIpc) is 2.93. The summed E-state index contributed by atoms with van der Waals surface area (Å²) in [5, 5.41) is 10.4. The second kappa shape index (κ2) is 9.11. The summed E-state index contributed by atoms with van der Waals surface area (Å²) in [6.07, 6.45) is 0.344. The van der Waals surface area contributed by atoms with Gasteiger partial charge in [0.25, 0.3) is 0 Å². The molecular formula is C22H31N5O2. The van der Waals surface area contributed by atoms with Crippen molar-refractivity contribution in [1.82, 2.24) is 20.4 Å². The maximum absolute atomic E-state index is 12.5. The number of piperazine rings is 1. The normalized spacial score (nSPS) is 14.2. The Hall–Kier alpha value is -2.83. The first kappa shape index (κ1) is 20.9. The summed E-state index contributed by atoms with van der Waals surface area (Å²) in [7, 11) is 0. The zero-order chi connectivity index (χ0) is 21.0. The van der Waals surface area contributed by atoms with Crippen molar-refractivity contribution in [2.75, 3.05) is 24.5 Å². The number of aromatic nitrogens is 2. The summed E-state index contributed by atoms with van der Waals surface area (Å²) in [5.74, 6) is 0.559. The Morgan fingerprint density at radius 1 is 1.24 bits per heavy atom. The lowest BCUT2D eigenvalue weighted by atomic mass is 10.1. The summed E-state index contributed by atoms with van der Waals surface area (Å²) >= 11 is 0. The number of aryl methyl sites for hydroxylation is 1. The first-order valence-electron chi connectivity index (χ1n) is 10.2. The molecule has 3 rings (SSSR count). The van der Waals surface area contributed by atoms with Crippen LogP contribution in [0, 0.1) is 19.8 Å². The molecule has 29 heavy (non-hydrogen) atoms. The fourth-order valence-electron chi connectivity index (χ4n) is 3.62. The van der Waals surface area contributed by atoms with Gasteiger partial charge in [0.2, 0.25) is 11.8 Å². The van der Waals surface area contributed by atoms with E-state index >= 15 is 0 Å². The van der Waals surface area contributed by atoms with E-state index in [1.165, 1.54) is 0 Å². The van der Waals surface area contributed by atoms with Crippen molar-refractivity contribution in [2.45, 2.75) is 47.2 Å². The number of benzene rings is 1. The molecule has 0 bridgehead atoms. The van der Waals surface area contributed by atoms with Gasteiger partial charge in [-0.15, -0.1) is 0 Å². The maximum Gasteiger partial charge on any atom is 0.239 e. The van der Waals surface area contributed by atoms with Crippen LogP contribution in [0.15, 0.2) is 24.3 Å². The average molecular weight is 398 g/mol. The molecule has 1 aromatic carbocycles. The van der Waals surface area contributed by atoms with Crippen LogP contribution in [0.25, 0.3) is 0 Å². The van der Waals surface area contributed by atoms with Gasteiger partial charge in [0.1, 0.15) is 0 Å². The first-order valence-corrected chi connectivity index (χ1v) is 10.2. The zero-order valence-corrected chi connectivity index (χ0v) is 17.8. The molecule has 156 valence electrons. The van der Waals surface area contributed by atoms with Crippen LogP contribution in [0.4, 0.5) is 5.69 Å². The molecule has 2 amide bonds. The molecule has 0 saturated carbocycles. The van der Waals surface area contributed by atoms with Crippen molar-refractivity contribution in [3.05, 3.63) is 46.8 Å². The molecule has 2 heterocycles. The van der Waals surface area contributed by atoms with E-state index in [1.54, 1.807) is 0 Å². The van der Waals surface area contributed by atoms with Gasteiger partial charge in [-0.25, -0.2) is 0 Å². The van der Waals surface area contributed by atoms with Gasteiger partial charge in [-0.2, -0.15) is 5.10 Å². The van der Waals surface area contributed by atoms with E-state index in [1.807, 2.05) is 42.8 Å². The Balaban J connectivity index is 1.54. The van der Waals surface area contributed by atoms with Gasteiger partial charge in [0.05, 0.1) is 18.7 Å². The minimum absolute atomic E-state index is 0.00271. The molecule has 2 aromatic rings. The number of nitrogens with one attached hydrogen (secondary N) is 2. The summed E-state index contributed by atoms with van der Waals surface area (Å²) in [6.45, 7) is 11.5. The first-order chi connectivity index (χ1) is 13.8. The monoisotopic (exact) mass is 397 g/mol. The summed E-state index contributed by atoms with van der Waals surface area (Å²) < 4.78 is 2.00. The fourth-order valence-corrected chi connectivity index (χ4v) is 3.62. The van der Waals surface area contributed by atoms with Gasteiger partial charge in [0, 0.05) is 43.1 Å². The third-order valence-corrected chi connectivity index (χ3v) is 5.24. The smallest absolute Gasteiger partial charge is 0.239 e. The molecule has 1 aromatic heterocycles. The Morgan fingerprint density at radius 2 is 1.97 bits per heavy atom. The molecule has 0 radical (unpaired) electrons. The quantitative estimate of drug-likeness (QED) is 0.749. The summed E-state index contributed by atoms with van der Waals surface area (Å²) in [4.78, 5) is 26.1. The molecular weight excluding hydrogens is 366 g/mol. The third-order valence-electron chi connectivity index (χ3n) is 5.24. The Bertz CT molecular complexity index is 870. The molecule has 1 aliphatic heterocycles. The topological polar surface area (TPSA) is 79.3 Å². The van der Waals surface area contributed by atoms with Crippen molar-refractivity contribution >= 4 is 17.5 Å². The van der Waals surface area contributed by atoms with Crippen LogP contribution in [-0.4, -0.2) is 41.2 Å². The number of carbonyl (C=O) groups is 2. The molecule has 0 atom stereocenters. The molecule has 0 unspecified atom stereocenters. The third kappa shape index (κ3) is 5.37. The number of rotatable bonds is 7. The number of anilines is 1. The fraction of sp³-hybridized carbons (Fsp3) is 0.500. The number of hydrogen-bond acceptors (Lipinski definition) is 4. The van der Waals surface area contributed by atoms with E-state index in [9.17, 15) is 9.59 Å². The molecule has 1 fully saturated rings. The number of hydrogen-bond donors (Lipinski definition) is 2. The minimum Gasteiger partial charge on any atom is -0.360 e. The Morgan fingerprint density at radius 3 is 2.62 bits per heavy atom. The van der Waals surface area contributed by atoms with Crippen LogP contribution in [0.5, 0.6) is 0 Å². The van der Waals surface area contributed by atoms with E-state index in [2.05, 4.69) is 34.5 Å². The Kier molecular flexibility index (Phi) is 6.56. The van der Waals surface area contributed by atoms with Crippen molar-refractivity contribution in [1.29, 1.82) is 0 Å². The number of amides is 2. The van der Waals surface area contributed by atoms with Crippen LogP contribution < -0.4 is 15.5 Å². The predicted molar refractivity (Wildman–Crippen MR) is 114 cm³/mol. The second-order valence-electron chi connectivity index (χ2n) is 8.12. The number of nitrogens with zero attached hydrogens (tertiary/aromatic N) is 3. The van der Waals surface area contributed by atoms with E-state index in [-0.39, 0.29) is 11.8 Å². The SMILES string of the molecule is Cc1nn(CC(C)C)c(C)c1CC(=O)NCc1ccc(N2CCNC(=O)C2)cc1. The van der Waals surface area contributed by atoms with Gasteiger partial charge in [-0.1, -0.05) is 26.0 Å². The van der Waals surface area contributed by atoms with Crippen LogP contribution in [0.3, 0.4) is 0 Å². The highest BCUT2D eigenvalue weighted by atomic mass is 16.2. The lowest BCUT2D eigenvalue weighted by Gasteiger charge is -2.28. The zero-order valence-electron chi connectivity index (χ0n) is 17.8. The standard InChI is InChI=1S/C22H31N5O2/c1-15(2)13-27-17(4)20(16(3)25-27)11-21(28)24-12-18-5-7-19(8-6-18)26-10-9-23-22(29)14-26/h5-8,15H,9-14H2,1-4H3,(H,23,29)(H,24,28). The van der Waals surface area contributed by atoms with Crippen molar-refractivity contribution < 1.29 is 9.59 Å². The predicted octanol–water partition coefficient (Wildman–Crippen LogP) is 1.95. The van der Waals surface area contributed by atoms with E-state index in [0.29, 0.717) is 32.0 Å². The van der Waals surface area contributed by atoms with Gasteiger partial charge in [-0.05, 0) is 37.5 Å². The summed E-state index contributed by atoms with van der Waals surface area (Å²) in [6, 6.07) is 8.01. The van der Waals surface area contributed by atoms with Crippen LogP contribution >= 0.6 is 0 Å². The second-order valence-corrected chi connectivity index (χ2v) is 8.12. The number of carbonyl (C=O) groups excluding carboxylic acids is 2. The lowest BCUT2D eigenvalue weighted by Crippen LogP contribution is -2.47. The molecule has 7 heteroatoms. The highest BCUT2D eigenvalue weighted by Crippen LogP contribution is 2.17. The van der Waals surface area contributed by atoms with Crippen molar-refractivity contribution in [3.63, 3.8) is 0 Å². The highest BCUT2D eigenvalue weighted by Gasteiger charge is 2.17. The molecule has 7 nitrogen and oxygen atoms in total. The molecule has 0 spiro atoms. The van der Waals surface area contributed by atoms with Crippen LogP contribution in [0.2, 0.25) is 0 Å². The van der Waals surface area contributed by atoms with Gasteiger partial charge in [-0.3, -0.25) is 14.3 Å². The minimum atomic E-state index is -0.00271. The highest BCUT2D eigenvalue weighted by molar-refractivity contribution is 5.82. The molecule has 1 saturated heterocycles. The molecule has 2 N–H and O–H groups in total. The molecule has 1 aliphatic rings.